The highest BCUT2D eigenvalue weighted by molar-refractivity contribution is 6.30. The van der Waals surface area contributed by atoms with E-state index in [1.165, 1.54) is 6.26 Å². The summed E-state index contributed by atoms with van der Waals surface area (Å²) in [5.41, 5.74) is 4.55. The lowest BCUT2D eigenvalue weighted by molar-refractivity contribution is 0.103. The van der Waals surface area contributed by atoms with Crippen molar-refractivity contribution in [1.82, 2.24) is 9.55 Å². The van der Waals surface area contributed by atoms with Crippen molar-refractivity contribution in [3.05, 3.63) is 107 Å². The Morgan fingerprint density at radius 1 is 1.06 bits per heavy atom. The van der Waals surface area contributed by atoms with E-state index in [-0.39, 0.29) is 11.5 Å². The van der Waals surface area contributed by atoms with Crippen molar-refractivity contribution in [3.8, 4) is 17.2 Å². The van der Waals surface area contributed by atoms with Crippen LogP contribution in [-0.4, -0.2) is 22.4 Å². The molecule has 6 heteroatoms. The van der Waals surface area contributed by atoms with Crippen LogP contribution >= 0.6 is 11.6 Å². The highest BCUT2D eigenvalue weighted by atomic mass is 35.5. The third-order valence-electron chi connectivity index (χ3n) is 5.77. The summed E-state index contributed by atoms with van der Waals surface area (Å²) in [6.45, 7) is 2.56. The first kappa shape index (κ1) is 21.0. The lowest BCUT2D eigenvalue weighted by atomic mass is 10.0. The number of methoxy groups -OCH3 is 1. The number of hydrogen-bond acceptors (Lipinski definition) is 4. The molecule has 5 nitrogen and oxygen atoms in total. The Bertz CT molecular complexity index is 1450. The molecular weight excluding hydrogens is 436 g/mol. The zero-order valence-corrected chi connectivity index (χ0v) is 19.0. The number of oxazole rings is 1. The summed E-state index contributed by atoms with van der Waals surface area (Å²) in [5, 5.41) is 1.50. The molecule has 0 saturated carbocycles. The first-order valence-corrected chi connectivity index (χ1v) is 10.9. The molecule has 2 heterocycles. The Morgan fingerprint density at radius 3 is 2.55 bits per heavy atom. The van der Waals surface area contributed by atoms with E-state index in [4.69, 9.17) is 20.8 Å². The number of hydrogen-bond donors (Lipinski definition) is 0. The first-order chi connectivity index (χ1) is 16.0. The zero-order chi connectivity index (χ0) is 22.9. The second kappa shape index (κ2) is 8.60. The van der Waals surface area contributed by atoms with Crippen molar-refractivity contribution in [3.63, 3.8) is 0 Å². The van der Waals surface area contributed by atoms with Gasteiger partial charge in [0, 0.05) is 33.7 Å². The van der Waals surface area contributed by atoms with E-state index in [1.54, 1.807) is 7.11 Å². The Labute approximate surface area is 196 Å². The molecule has 0 aliphatic rings. The molecule has 0 bridgehead atoms. The molecule has 0 aliphatic carbocycles. The van der Waals surface area contributed by atoms with Gasteiger partial charge in [-0.2, -0.15) is 0 Å². The van der Waals surface area contributed by atoms with Crippen LogP contribution in [0.25, 0.3) is 22.4 Å². The number of benzene rings is 3. The largest absolute Gasteiger partial charge is 0.497 e. The van der Waals surface area contributed by atoms with Crippen molar-refractivity contribution in [2.75, 3.05) is 7.11 Å². The number of carbonyl (C=O) groups excluding carboxylic acids is 1. The van der Waals surface area contributed by atoms with E-state index in [0.29, 0.717) is 28.8 Å². The number of nitrogens with zero attached hydrogens (tertiary/aromatic N) is 2. The maximum absolute atomic E-state index is 13.6. The molecule has 2 aromatic heterocycles. The van der Waals surface area contributed by atoms with Crippen LogP contribution in [0, 0.1) is 6.92 Å². The highest BCUT2D eigenvalue weighted by Crippen LogP contribution is 2.32. The van der Waals surface area contributed by atoms with Crippen molar-refractivity contribution in [1.29, 1.82) is 0 Å². The average molecular weight is 457 g/mol. The normalized spacial score (nSPS) is 11.1. The number of halogens is 1. The Hall–Kier alpha value is -3.83. The number of fused-ring (bicyclic) bond motifs is 1. The summed E-state index contributed by atoms with van der Waals surface area (Å²) in [7, 11) is 1.62. The highest BCUT2D eigenvalue weighted by Gasteiger charge is 2.24. The number of ether oxygens (including phenoxy) is 1. The first-order valence-electron chi connectivity index (χ1n) is 10.5. The molecule has 0 atom stereocenters. The Kier molecular flexibility index (Phi) is 5.48. The van der Waals surface area contributed by atoms with Gasteiger partial charge < -0.3 is 13.7 Å². The molecule has 0 radical (unpaired) electrons. The molecule has 0 aliphatic heterocycles. The van der Waals surface area contributed by atoms with Crippen molar-refractivity contribution < 1.29 is 13.9 Å². The summed E-state index contributed by atoms with van der Waals surface area (Å²) in [5.74, 6) is 0.913. The molecular formula is C27H21ClN2O3. The molecule has 33 heavy (non-hydrogen) atoms. The number of carbonyl (C=O) groups is 1. The SMILES string of the molecule is COc1ccc2c(c1)c(C(=O)c1coc(-c3ccccc3)n1)c(C)n2Cc1ccc(Cl)cc1. The summed E-state index contributed by atoms with van der Waals surface area (Å²) in [6.07, 6.45) is 1.42. The Morgan fingerprint density at radius 2 is 1.82 bits per heavy atom. The van der Waals surface area contributed by atoms with E-state index < -0.39 is 0 Å². The molecule has 0 spiro atoms. The number of ketones is 1. The van der Waals surface area contributed by atoms with Crippen molar-refractivity contribution in [2.45, 2.75) is 13.5 Å². The fraction of sp³-hybridized carbons (Fsp3) is 0.111. The maximum atomic E-state index is 13.6. The summed E-state index contributed by atoms with van der Waals surface area (Å²) < 4.78 is 13.2. The molecule has 0 fully saturated rings. The van der Waals surface area contributed by atoms with Crippen LogP contribution in [0.4, 0.5) is 0 Å². The Balaban J connectivity index is 1.61. The third-order valence-corrected chi connectivity index (χ3v) is 6.02. The topological polar surface area (TPSA) is 57.3 Å². The van der Waals surface area contributed by atoms with E-state index in [2.05, 4.69) is 9.55 Å². The average Bonchev–Trinajstić information content (AvgIpc) is 3.44. The molecule has 5 aromatic rings. The number of rotatable bonds is 6. The molecule has 0 amide bonds. The second-order valence-electron chi connectivity index (χ2n) is 7.79. The van der Waals surface area contributed by atoms with Gasteiger partial charge in [0.15, 0.2) is 5.69 Å². The lowest BCUT2D eigenvalue weighted by Crippen LogP contribution is -2.06. The second-order valence-corrected chi connectivity index (χ2v) is 8.23. The van der Waals surface area contributed by atoms with E-state index in [9.17, 15) is 4.79 Å². The summed E-state index contributed by atoms with van der Waals surface area (Å²) >= 11 is 6.05. The molecule has 164 valence electrons. The van der Waals surface area contributed by atoms with Crippen LogP contribution < -0.4 is 4.74 Å². The van der Waals surface area contributed by atoms with Gasteiger partial charge in [-0.15, -0.1) is 0 Å². The quantitative estimate of drug-likeness (QED) is 0.272. The van der Waals surface area contributed by atoms with E-state index in [0.717, 1.165) is 27.7 Å². The fourth-order valence-corrected chi connectivity index (χ4v) is 4.20. The van der Waals surface area contributed by atoms with Crippen LogP contribution in [0.15, 0.2) is 83.5 Å². The maximum Gasteiger partial charge on any atom is 0.226 e. The van der Waals surface area contributed by atoms with E-state index in [1.807, 2.05) is 79.7 Å². The van der Waals surface area contributed by atoms with Gasteiger partial charge in [-0.3, -0.25) is 4.79 Å². The smallest absolute Gasteiger partial charge is 0.226 e. The van der Waals surface area contributed by atoms with E-state index >= 15 is 0 Å². The molecule has 0 saturated heterocycles. The minimum Gasteiger partial charge on any atom is -0.497 e. The van der Waals surface area contributed by atoms with Gasteiger partial charge in [-0.25, -0.2) is 4.98 Å². The van der Waals surface area contributed by atoms with Crippen LogP contribution in [0.1, 0.15) is 27.3 Å². The molecule has 5 rings (SSSR count). The van der Waals surface area contributed by atoms with Gasteiger partial charge in [0.1, 0.15) is 12.0 Å². The monoisotopic (exact) mass is 456 g/mol. The lowest BCUT2D eigenvalue weighted by Gasteiger charge is -2.09. The van der Waals surface area contributed by atoms with Gasteiger partial charge in [-0.05, 0) is 55.0 Å². The van der Waals surface area contributed by atoms with Gasteiger partial charge in [0.2, 0.25) is 11.7 Å². The van der Waals surface area contributed by atoms with Crippen LogP contribution in [0.5, 0.6) is 5.75 Å². The van der Waals surface area contributed by atoms with Crippen molar-refractivity contribution >= 4 is 28.3 Å². The molecule has 0 unspecified atom stereocenters. The molecule has 3 aromatic carbocycles. The predicted molar refractivity (Wildman–Crippen MR) is 129 cm³/mol. The third kappa shape index (κ3) is 3.92. The van der Waals surface area contributed by atoms with Gasteiger partial charge >= 0.3 is 0 Å². The standard InChI is InChI=1S/C27H21ClN2O3/c1-17-25(26(31)23-16-33-27(29-23)19-6-4-3-5-7-19)22-14-21(32-2)12-13-24(22)30(17)15-18-8-10-20(28)11-9-18/h3-14,16H,15H2,1-2H3. The van der Waals surface area contributed by atoms with Crippen LogP contribution in [0.3, 0.4) is 0 Å². The van der Waals surface area contributed by atoms with Gasteiger partial charge in [0.05, 0.1) is 12.7 Å². The van der Waals surface area contributed by atoms with Gasteiger partial charge in [0.25, 0.3) is 0 Å². The predicted octanol–water partition coefficient (Wildman–Crippen LogP) is 6.55. The minimum absolute atomic E-state index is 0.188. The van der Waals surface area contributed by atoms with Crippen LogP contribution in [0.2, 0.25) is 5.02 Å². The summed E-state index contributed by atoms with van der Waals surface area (Å²) in [4.78, 5) is 18.1. The zero-order valence-electron chi connectivity index (χ0n) is 18.2. The van der Waals surface area contributed by atoms with Gasteiger partial charge in [-0.1, -0.05) is 41.9 Å². The molecule has 0 N–H and O–H groups in total. The van der Waals surface area contributed by atoms with Crippen LogP contribution in [-0.2, 0) is 6.54 Å². The van der Waals surface area contributed by atoms with Crippen molar-refractivity contribution in [2.24, 2.45) is 0 Å². The number of aromatic nitrogens is 2. The minimum atomic E-state index is -0.188. The summed E-state index contributed by atoms with van der Waals surface area (Å²) in [6, 6.07) is 23.0. The fourth-order valence-electron chi connectivity index (χ4n) is 4.07.